The van der Waals surface area contributed by atoms with Gasteiger partial charge in [0.25, 0.3) is 0 Å². The molecule has 0 saturated heterocycles. The summed E-state index contributed by atoms with van der Waals surface area (Å²) in [6.45, 7) is 3.95. The SMILES string of the molecule is CC(C)CC(C(=O)C(=O)O)c1ccccc1. The van der Waals surface area contributed by atoms with Gasteiger partial charge in [0.2, 0.25) is 5.78 Å². The van der Waals surface area contributed by atoms with E-state index in [2.05, 4.69) is 0 Å². The topological polar surface area (TPSA) is 54.4 Å². The molecule has 0 heterocycles. The van der Waals surface area contributed by atoms with E-state index < -0.39 is 17.7 Å². The van der Waals surface area contributed by atoms with Crippen LogP contribution in [0.1, 0.15) is 31.7 Å². The Hall–Kier alpha value is -1.64. The molecule has 0 amide bonds. The van der Waals surface area contributed by atoms with E-state index in [-0.39, 0.29) is 5.92 Å². The number of Topliss-reactive ketones (excluding diaryl/α,β-unsaturated/α-hetero) is 1. The third-order valence-electron chi connectivity index (χ3n) is 2.44. The maximum Gasteiger partial charge on any atom is 0.372 e. The van der Waals surface area contributed by atoms with Crippen LogP contribution in [0.2, 0.25) is 0 Å². The molecule has 0 saturated carbocycles. The zero-order chi connectivity index (χ0) is 12.1. The zero-order valence-corrected chi connectivity index (χ0v) is 9.51. The minimum Gasteiger partial charge on any atom is -0.475 e. The standard InChI is InChI=1S/C13H16O3/c1-9(2)8-11(12(14)13(15)16)10-6-4-3-5-7-10/h3-7,9,11H,8H2,1-2H3,(H,15,16). The van der Waals surface area contributed by atoms with Gasteiger partial charge < -0.3 is 5.11 Å². The van der Waals surface area contributed by atoms with Gasteiger partial charge in [-0.25, -0.2) is 4.79 Å². The highest BCUT2D eigenvalue weighted by molar-refractivity contribution is 6.34. The van der Waals surface area contributed by atoms with Gasteiger partial charge in [-0.1, -0.05) is 44.2 Å². The molecule has 1 atom stereocenters. The molecule has 3 nitrogen and oxygen atoms in total. The lowest BCUT2D eigenvalue weighted by Crippen LogP contribution is -2.23. The molecule has 1 N–H and O–H groups in total. The number of rotatable bonds is 5. The molecule has 0 bridgehead atoms. The fourth-order valence-electron chi connectivity index (χ4n) is 1.70. The van der Waals surface area contributed by atoms with Crippen molar-refractivity contribution in [3.05, 3.63) is 35.9 Å². The van der Waals surface area contributed by atoms with Crippen molar-refractivity contribution >= 4 is 11.8 Å². The van der Waals surface area contributed by atoms with Crippen LogP contribution in [0.3, 0.4) is 0 Å². The third-order valence-corrected chi connectivity index (χ3v) is 2.44. The zero-order valence-electron chi connectivity index (χ0n) is 9.51. The van der Waals surface area contributed by atoms with E-state index in [9.17, 15) is 9.59 Å². The van der Waals surface area contributed by atoms with Crippen molar-refractivity contribution in [1.82, 2.24) is 0 Å². The molecule has 0 aromatic heterocycles. The highest BCUT2D eigenvalue weighted by Crippen LogP contribution is 2.24. The first-order valence-electron chi connectivity index (χ1n) is 5.34. The first-order chi connectivity index (χ1) is 7.52. The van der Waals surface area contributed by atoms with Crippen molar-refractivity contribution in [2.45, 2.75) is 26.2 Å². The second kappa shape index (κ2) is 5.45. The summed E-state index contributed by atoms with van der Waals surface area (Å²) in [7, 11) is 0. The van der Waals surface area contributed by atoms with Crippen LogP contribution in [0.25, 0.3) is 0 Å². The van der Waals surface area contributed by atoms with Gasteiger partial charge in [0.1, 0.15) is 0 Å². The third kappa shape index (κ3) is 3.19. The average molecular weight is 220 g/mol. The van der Waals surface area contributed by atoms with Gasteiger partial charge in [0.05, 0.1) is 5.92 Å². The van der Waals surface area contributed by atoms with E-state index in [1.54, 1.807) is 12.1 Å². The summed E-state index contributed by atoms with van der Waals surface area (Å²) >= 11 is 0. The predicted octanol–water partition coefficient (Wildman–Crippen LogP) is 2.47. The van der Waals surface area contributed by atoms with E-state index in [1.165, 1.54) is 0 Å². The number of benzene rings is 1. The van der Waals surface area contributed by atoms with Crippen molar-refractivity contribution < 1.29 is 14.7 Å². The molecule has 16 heavy (non-hydrogen) atoms. The monoisotopic (exact) mass is 220 g/mol. The molecule has 1 unspecified atom stereocenters. The number of hydrogen-bond donors (Lipinski definition) is 1. The quantitative estimate of drug-likeness (QED) is 0.775. The van der Waals surface area contributed by atoms with E-state index in [0.29, 0.717) is 6.42 Å². The number of hydrogen-bond acceptors (Lipinski definition) is 2. The van der Waals surface area contributed by atoms with Crippen molar-refractivity contribution in [3.63, 3.8) is 0 Å². The molecule has 1 aromatic carbocycles. The Morgan fingerprint density at radius 2 is 1.75 bits per heavy atom. The van der Waals surface area contributed by atoms with Crippen molar-refractivity contribution in [2.24, 2.45) is 5.92 Å². The van der Waals surface area contributed by atoms with Crippen LogP contribution in [-0.4, -0.2) is 16.9 Å². The van der Waals surface area contributed by atoms with Crippen LogP contribution in [0, 0.1) is 5.92 Å². The van der Waals surface area contributed by atoms with Crippen LogP contribution in [0.5, 0.6) is 0 Å². The smallest absolute Gasteiger partial charge is 0.372 e. The second-order valence-electron chi connectivity index (χ2n) is 4.26. The van der Waals surface area contributed by atoms with Gasteiger partial charge in [0, 0.05) is 0 Å². The molecule has 0 spiro atoms. The van der Waals surface area contributed by atoms with Crippen LogP contribution < -0.4 is 0 Å². The largest absolute Gasteiger partial charge is 0.475 e. The van der Waals surface area contributed by atoms with Gasteiger partial charge in [-0.05, 0) is 17.9 Å². The van der Waals surface area contributed by atoms with Gasteiger partial charge in [-0.3, -0.25) is 4.79 Å². The van der Waals surface area contributed by atoms with E-state index in [4.69, 9.17) is 5.11 Å². The molecule has 0 aliphatic carbocycles. The summed E-state index contributed by atoms with van der Waals surface area (Å²) in [5.74, 6) is -2.32. The summed E-state index contributed by atoms with van der Waals surface area (Å²) in [6, 6.07) is 9.08. The van der Waals surface area contributed by atoms with Gasteiger partial charge >= 0.3 is 5.97 Å². The lowest BCUT2D eigenvalue weighted by atomic mass is 9.87. The highest BCUT2D eigenvalue weighted by Gasteiger charge is 2.26. The predicted molar refractivity (Wildman–Crippen MR) is 61.3 cm³/mol. The normalized spacial score (nSPS) is 12.4. The van der Waals surface area contributed by atoms with E-state index >= 15 is 0 Å². The minimum atomic E-state index is -1.35. The Morgan fingerprint density at radius 1 is 1.19 bits per heavy atom. The van der Waals surface area contributed by atoms with Gasteiger partial charge in [-0.2, -0.15) is 0 Å². The fourth-order valence-corrected chi connectivity index (χ4v) is 1.70. The number of ketones is 1. The molecule has 3 heteroatoms. The molecule has 0 fully saturated rings. The minimum absolute atomic E-state index is 0.286. The average Bonchev–Trinajstić information content (AvgIpc) is 2.26. The molecule has 0 radical (unpaired) electrons. The maximum atomic E-state index is 11.6. The Kier molecular flexibility index (Phi) is 4.23. The fraction of sp³-hybridized carbons (Fsp3) is 0.385. The Labute approximate surface area is 95.1 Å². The summed E-state index contributed by atoms with van der Waals surface area (Å²) < 4.78 is 0. The molecule has 1 rings (SSSR count). The Bertz CT molecular complexity index is 368. The first-order valence-corrected chi connectivity index (χ1v) is 5.34. The van der Waals surface area contributed by atoms with Crippen LogP contribution in [0.4, 0.5) is 0 Å². The first kappa shape index (κ1) is 12.4. The molecule has 0 aliphatic heterocycles. The van der Waals surface area contributed by atoms with Gasteiger partial charge in [0.15, 0.2) is 0 Å². The van der Waals surface area contributed by atoms with Gasteiger partial charge in [-0.15, -0.1) is 0 Å². The van der Waals surface area contributed by atoms with Crippen LogP contribution in [0.15, 0.2) is 30.3 Å². The van der Waals surface area contributed by atoms with Crippen molar-refractivity contribution in [1.29, 1.82) is 0 Å². The molecule has 86 valence electrons. The number of carbonyl (C=O) groups excluding carboxylic acids is 1. The lowest BCUT2D eigenvalue weighted by Gasteiger charge is -2.16. The molecular formula is C13H16O3. The van der Waals surface area contributed by atoms with Crippen molar-refractivity contribution in [2.75, 3.05) is 0 Å². The van der Waals surface area contributed by atoms with E-state index in [0.717, 1.165) is 5.56 Å². The lowest BCUT2D eigenvalue weighted by molar-refractivity contribution is -0.150. The molecule has 0 aliphatic rings. The van der Waals surface area contributed by atoms with Crippen molar-refractivity contribution in [3.8, 4) is 0 Å². The Morgan fingerprint density at radius 3 is 2.19 bits per heavy atom. The summed E-state index contributed by atoms with van der Waals surface area (Å²) in [6.07, 6.45) is 0.565. The highest BCUT2D eigenvalue weighted by atomic mass is 16.4. The summed E-state index contributed by atoms with van der Waals surface area (Å²) in [5, 5.41) is 8.78. The summed E-state index contributed by atoms with van der Waals surface area (Å²) in [5.41, 5.74) is 0.781. The van der Waals surface area contributed by atoms with Crippen LogP contribution in [-0.2, 0) is 9.59 Å². The molecule has 1 aromatic rings. The Balaban J connectivity index is 2.96. The van der Waals surface area contributed by atoms with Crippen LogP contribution >= 0.6 is 0 Å². The summed E-state index contributed by atoms with van der Waals surface area (Å²) in [4.78, 5) is 22.3. The molecular weight excluding hydrogens is 204 g/mol. The number of aliphatic carboxylic acids is 1. The second-order valence-corrected chi connectivity index (χ2v) is 4.26. The number of carboxylic acid groups (broad SMARTS) is 1. The number of carboxylic acids is 1. The number of carbonyl (C=O) groups is 2. The maximum absolute atomic E-state index is 11.6. The van der Waals surface area contributed by atoms with E-state index in [1.807, 2.05) is 32.0 Å².